The Labute approximate surface area is 199 Å². The van der Waals surface area contributed by atoms with Crippen molar-refractivity contribution in [2.75, 3.05) is 19.5 Å². The van der Waals surface area contributed by atoms with Crippen LogP contribution in [0.15, 0.2) is 54.1 Å². The molecule has 2 aromatic rings. The van der Waals surface area contributed by atoms with Gasteiger partial charge in [-0.05, 0) is 36.8 Å². The highest BCUT2D eigenvalue weighted by atomic mass is 16.5. The number of Topliss-reactive ketones (excluding diaryl/α,β-unsaturated/α-hetero) is 1. The maximum atomic E-state index is 12.7. The summed E-state index contributed by atoms with van der Waals surface area (Å²) in [5.74, 6) is -0.00160. The zero-order valence-corrected chi connectivity index (χ0v) is 20.1. The SMILES string of the molecule is COc1ccc([C@@]2(O)c3c(ccc(/C=C/C(C)=C/CC(=O)C(C)C)c3O)NC(=O)[C@@H]2OC)cc1. The first-order valence-corrected chi connectivity index (χ1v) is 11.1. The molecule has 0 unspecified atom stereocenters. The smallest absolute Gasteiger partial charge is 0.257 e. The summed E-state index contributed by atoms with van der Waals surface area (Å²) in [7, 11) is 2.86. The Morgan fingerprint density at radius 1 is 1.18 bits per heavy atom. The van der Waals surface area contributed by atoms with Crippen LogP contribution >= 0.6 is 0 Å². The van der Waals surface area contributed by atoms with E-state index >= 15 is 0 Å². The van der Waals surface area contributed by atoms with Gasteiger partial charge in [-0.15, -0.1) is 0 Å². The molecule has 2 atom stereocenters. The van der Waals surface area contributed by atoms with Gasteiger partial charge in [0.25, 0.3) is 5.91 Å². The average molecular weight is 466 g/mol. The van der Waals surface area contributed by atoms with E-state index in [0.29, 0.717) is 29.0 Å². The minimum absolute atomic E-state index is 0.0303. The van der Waals surface area contributed by atoms with Gasteiger partial charge in [-0.25, -0.2) is 0 Å². The molecule has 0 spiro atoms. The Morgan fingerprint density at radius 2 is 1.85 bits per heavy atom. The Morgan fingerprint density at radius 3 is 2.44 bits per heavy atom. The number of phenols is 1. The fourth-order valence-corrected chi connectivity index (χ4v) is 3.96. The van der Waals surface area contributed by atoms with E-state index in [1.54, 1.807) is 48.6 Å². The van der Waals surface area contributed by atoms with Crippen LogP contribution in [0.5, 0.6) is 11.5 Å². The standard InChI is InChI=1S/C27H31NO6/c1-16(2)22(29)15-7-17(3)6-8-18-9-14-21-23(24(18)30)27(32,25(34-5)26(31)28-21)19-10-12-20(33-4)13-11-19/h6-14,16,25,30,32H,15H2,1-5H3,(H,28,31)/b8-6+,17-7+/t25-,27+/m0/s1. The number of carbonyl (C=O) groups excluding carboxylic acids is 2. The predicted molar refractivity (Wildman–Crippen MR) is 131 cm³/mol. The summed E-state index contributed by atoms with van der Waals surface area (Å²) in [6.45, 7) is 5.60. The summed E-state index contributed by atoms with van der Waals surface area (Å²) in [5.41, 5.74) is 0.167. The summed E-state index contributed by atoms with van der Waals surface area (Å²) in [6, 6.07) is 9.88. The molecular formula is C27H31NO6. The fraction of sp³-hybridized carbons (Fsp3) is 0.333. The number of phenolic OH excluding ortho intramolecular Hbond substituents is 1. The molecule has 7 heteroatoms. The van der Waals surface area contributed by atoms with Gasteiger partial charge >= 0.3 is 0 Å². The molecule has 1 aliphatic heterocycles. The van der Waals surface area contributed by atoms with Gasteiger partial charge in [-0.3, -0.25) is 9.59 Å². The third-order valence-corrected chi connectivity index (χ3v) is 6.03. The van der Waals surface area contributed by atoms with E-state index in [1.165, 1.54) is 14.2 Å². The third kappa shape index (κ3) is 4.76. The molecule has 7 nitrogen and oxygen atoms in total. The molecule has 1 amide bonds. The van der Waals surface area contributed by atoms with Gasteiger partial charge in [-0.2, -0.15) is 0 Å². The molecule has 2 aromatic carbocycles. The second-order valence-corrected chi connectivity index (χ2v) is 8.63. The van der Waals surface area contributed by atoms with Gasteiger partial charge in [0.1, 0.15) is 17.3 Å². The number of benzene rings is 2. The van der Waals surface area contributed by atoms with Crippen LogP contribution in [0.1, 0.15) is 43.9 Å². The number of ketones is 1. The lowest BCUT2D eigenvalue weighted by molar-refractivity contribution is -0.142. The van der Waals surface area contributed by atoms with Crippen LogP contribution in [0.4, 0.5) is 5.69 Å². The van der Waals surface area contributed by atoms with Crippen molar-refractivity contribution in [1.82, 2.24) is 0 Å². The van der Waals surface area contributed by atoms with Gasteiger partial charge < -0.3 is 25.0 Å². The number of fused-ring (bicyclic) bond motifs is 1. The molecule has 3 N–H and O–H groups in total. The Hall–Kier alpha value is -3.42. The maximum absolute atomic E-state index is 12.7. The van der Waals surface area contributed by atoms with E-state index in [-0.39, 0.29) is 23.0 Å². The maximum Gasteiger partial charge on any atom is 0.257 e. The molecule has 0 saturated heterocycles. The van der Waals surface area contributed by atoms with Crippen LogP contribution in [0.25, 0.3) is 6.08 Å². The number of allylic oxidation sites excluding steroid dienone is 3. The quantitative estimate of drug-likeness (QED) is 0.505. The lowest BCUT2D eigenvalue weighted by atomic mass is 9.76. The monoisotopic (exact) mass is 465 g/mol. The predicted octanol–water partition coefficient (Wildman–Crippen LogP) is 4.18. The van der Waals surface area contributed by atoms with E-state index in [4.69, 9.17) is 9.47 Å². The van der Waals surface area contributed by atoms with Crippen molar-refractivity contribution < 1.29 is 29.3 Å². The largest absolute Gasteiger partial charge is 0.507 e. The number of hydrogen-bond acceptors (Lipinski definition) is 6. The lowest BCUT2D eigenvalue weighted by Crippen LogP contribution is -2.52. The molecule has 0 saturated carbocycles. The summed E-state index contributed by atoms with van der Waals surface area (Å²) in [5, 5.41) is 25.8. The van der Waals surface area contributed by atoms with E-state index in [9.17, 15) is 19.8 Å². The molecular weight excluding hydrogens is 434 g/mol. The summed E-state index contributed by atoms with van der Waals surface area (Å²) < 4.78 is 10.6. The number of methoxy groups -OCH3 is 2. The lowest BCUT2D eigenvalue weighted by Gasteiger charge is -2.40. The zero-order valence-electron chi connectivity index (χ0n) is 20.1. The minimum Gasteiger partial charge on any atom is -0.507 e. The van der Waals surface area contributed by atoms with Gasteiger partial charge in [0, 0.05) is 25.0 Å². The van der Waals surface area contributed by atoms with Crippen LogP contribution in [0.3, 0.4) is 0 Å². The minimum atomic E-state index is -1.94. The molecule has 0 bridgehead atoms. The average Bonchev–Trinajstić information content (AvgIpc) is 2.81. The van der Waals surface area contributed by atoms with Crippen LogP contribution in [-0.2, 0) is 19.9 Å². The van der Waals surface area contributed by atoms with Gasteiger partial charge in [0.2, 0.25) is 0 Å². The number of ether oxygens (including phenoxy) is 2. The van der Waals surface area contributed by atoms with E-state index in [2.05, 4.69) is 5.32 Å². The summed E-state index contributed by atoms with van der Waals surface area (Å²) in [4.78, 5) is 24.6. The summed E-state index contributed by atoms with van der Waals surface area (Å²) in [6.07, 6.45) is 4.37. The van der Waals surface area contributed by atoms with E-state index in [1.807, 2.05) is 26.8 Å². The van der Waals surface area contributed by atoms with Crippen molar-refractivity contribution in [3.05, 3.63) is 70.8 Å². The number of hydrogen-bond donors (Lipinski definition) is 3. The summed E-state index contributed by atoms with van der Waals surface area (Å²) >= 11 is 0. The van der Waals surface area contributed by atoms with Gasteiger partial charge in [0.05, 0.1) is 18.4 Å². The second-order valence-electron chi connectivity index (χ2n) is 8.63. The Kier molecular flexibility index (Phi) is 7.59. The van der Waals surface area contributed by atoms with Crippen molar-refractivity contribution in [3.63, 3.8) is 0 Å². The van der Waals surface area contributed by atoms with Crippen LogP contribution in [0.2, 0.25) is 0 Å². The van der Waals surface area contributed by atoms with Crippen molar-refractivity contribution in [3.8, 4) is 11.5 Å². The first-order chi connectivity index (χ1) is 16.1. The van der Waals surface area contributed by atoms with Crippen LogP contribution in [-0.4, -0.2) is 42.2 Å². The number of rotatable bonds is 8. The highest BCUT2D eigenvalue weighted by Gasteiger charge is 2.51. The van der Waals surface area contributed by atoms with Gasteiger partial charge in [0.15, 0.2) is 11.7 Å². The molecule has 3 rings (SSSR count). The number of aliphatic hydroxyl groups is 1. The van der Waals surface area contributed by atoms with Crippen molar-refractivity contribution in [1.29, 1.82) is 0 Å². The number of carbonyl (C=O) groups is 2. The van der Waals surface area contributed by atoms with Crippen molar-refractivity contribution in [2.24, 2.45) is 5.92 Å². The van der Waals surface area contributed by atoms with Crippen molar-refractivity contribution in [2.45, 2.75) is 38.9 Å². The Balaban J connectivity index is 2.07. The van der Waals surface area contributed by atoms with Gasteiger partial charge in [-0.1, -0.05) is 49.8 Å². The zero-order chi connectivity index (χ0) is 25.0. The molecule has 180 valence electrons. The molecule has 0 aliphatic carbocycles. The Bertz CT molecular complexity index is 1130. The highest BCUT2D eigenvalue weighted by Crippen LogP contribution is 2.48. The number of aromatic hydroxyl groups is 1. The molecule has 1 heterocycles. The highest BCUT2D eigenvalue weighted by molar-refractivity contribution is 6.00. The molecule has 0 fully saturated rings. The fourth-order valence-electron chi connectivity index (χ4n) is 3.96. The van der Waals surface area contributed by atoms with E-state index < -0.39 is 17.6 Å². The number of nitrogens with one attached hydrogen (secondary N) is 1. The number of amides is 1. The van der Waals surface area contributed by atoms with Crippen molar-refractivity contribution >= 4 is 23.5 Å². The van der Waals surface area contributed by atoms with Crippen LogP contribution in [0, 0.1) is 5.92 Å². The van der Waals surface area contributed by atoms with Crippen LogP contribution < -0.4 is 10.1 Å². The van der Waals surface area contributed by atoms with E-state index in [0.717, 1.165) is 5.57 Å². The molecule has 34 heavy (non-hydrogen) atoms. The topological polar surface area (TPSA) is 105 Å². The molecule has 1 aliphatic rings. The normalized spacial score (nSPS) is 20.4. The second kappa shape index (κ2) is 10.2. The third-order valence-electron chi connectivity index (χ3n) is 6.03. The first-order valence-electron chi connectivity index (χ1n) is 11.1. The number of anilines is 1. The molecule has 0 radical (unpaired) electrons. The molecule has 0 aromatic heterocycles. The first kappa shape index (κ1) is 25.2.